The van der Waals surface area contributed by atoms with E-state index in [1.807, 2.05) is 44.2 Å². The first-order valence-electron chi connectivity index (χ1n) is 7.27. The van der Waals surface area contributed by atoms with Crippen LogP contribution in [-0.2, 0) is 23.0 Å². The van der Waals surface area contributed by atoms with Gasteiger partial charge in [-0.05, 0) is 42.7 Å². The molecule has 3 rings (SSSR count). The third kappa shape index (κ3) is 3.00. The van der Waals surface area contributed by atoms with Gasteiger partial charge in [-0.25, -0.2) is 13.1 Å². The Morgan fingerprint density at radius 3 is 2.73 bits per heavy atom. The van der Waals surface area contributed by atoms with Crippen molar-refractivity contribution in [3.05, 3.63) is 58.7 Å². The summed E-state index contributed by atoms with van der Waals surface area (Å²) in [6, 6.07) is 11.2. The first-order valence-corrected chi connectivity index (χ1v) is 8.75. The predicted molar refractivity (Wildman–Crippen MR) is 85.6 cm³/mol. The number of rotatable bonds is 4. The fourth-order valence-corrected chi connectivity index (χ4v) is 3.95. The minimum atomic E-state index is -3.50. The van der Waals surface area contributed by atoms with Crippen LogP contribution in [0, 0.1) is 13.8 Å². The summed E-state index contributed by atoms with van der Waals surface area (Å²) < 4.78 is 33.0. The zero-order valence-corrected chi connectivity index (χ0v) is 13.5. The number of fused-ring (bicyclic) bond motifs is 1. The van der Waals surface area contributed by atoms with Crippen LogP contribution >= 0.6 is 0 Å². The van der Waals surface area contributed by atoms with E-state index in [1.165, 1.54) is 0 Å². The quantitative estimate of drug-likeness (QED) is 0.943. The van der Waals surface area contributed by atoms with E-state index in [0.29, 0.717) is 11.5 Å². The van der Waals surface area contributed by atoms with Crippen LogP contribution in [0.5, 0.6) is 5.75 Å². The average Bonchev–Trinajstić information content (AvgIpc) is 2.92. The van der Waals surface area contributed by atoms with Gasteiger partial charge in [0.25, 0.3) is 0 Å². The molecule has 1 heterocycles. The molecule has 0 unspecified atom stereocenters. The lowest BCUT2D eigenvalue weighted by atomic mass is 10.1. The summed E-state index contributed by atoms with van der Waals surface area (Å²) in [5.74, 6) is 0.904. The number of aryl methyl sites for hydroxylation is 2. The SMILES string of the molecule is Cc1ccc(S(=O)(=O)NCc2ccc3c(c2)CCO3)c(C)c1. The Hall–Kier alpha value is -1.85. The number of sulfonamides is 1. The van der Waals surface area contributed by atoms with E-state index in [2.05, 4.69) is 4.72 Å². The summed E-state index contributed by atoms with van der Waals surface area (Å²) in [5.41, 5.74) is 3.89. The van der Waals surface area contributed by atoms with Crippen LogP contribution in [0.1, 0.15) is 22.3 Å². The second kappa shape index (κ2) is 5.74. The third-order valence-corrected chi connectivity index (χ3v) is 5.40. The van der Waals surface area contributed by atoms with Crippen molar-refractivity contribution in [1.29, 1.82) is 0 Å². The molecule has 1 aliphatic rings. The van der Waals surface area contributed by atoms with Gasteiger partial charge in [0.05, 0.1) is 11.5 Å². The Morgan fingerprint density at radius 2 is 1.95 bits per heavy atom. The van der Waals surface area contributed by atoms with Crippen LogP contribution in [0.2, 0.25) is 0 Å². The van der Waals surface area contributed by atoms with Gasteiger partial charge in [-0.15, -0.1) is 0 Å². The van der Waals surface area contributed by atoms with E-state index >= 15 is 0 Å². The van der Waals surface area contributed by atoms with Crippen molar-refractivity contribution in [2.75, 3.05) is 6.61 Å². The second-order valence-electron chi connectivity index (χ2n) is 5.63. The van der Waals surface area contributed by atoms with Crippen LogP contribution in [0.25, 0.3) is 0 Å². The monoisotopic (exact) mass is 317 g/mol. The molecule has 0 atom stereocenters. The maximum Gasteiger partial charge on any atom is 0.241 e. The largest absolute Gasteiger partial charge is 0.493 e. The average molecular weight is 317 g/mol. The number of ether oxygens (including phenoxy) is 1. The lowest BCUT2D eigenvalue weighted by Crippen LogP contribution is -2.24. The van der Waals surface area contributed by atoms with Gasteiger partial charge in [0.1, 0.15) is 5.75 Å². The molecule has 0 spiro atoms. The van der Waals surface area contributed by atoms with E-state index in [4.69, 9.17) is 4.74 Å². The van der Waals surface area contributed by atoms with Gasteiger partial charge >= 0.3 is 0 Å². The highest BCUT2D eigenvalue weighted by Gasteiger charge is 2.17. The normalized spacial score (nSPS) is 13.7. The molecule has 0 saturated carbocycles. The zero-order chi connectivity index (χ0) is 15.7. The van der Waals surface area contributed by atoms with Gasteiger partial charge in [0.15, 0.2) is 0 Å². The summed E-state index contributed by atoms with van der Waals surface area (Å²) >= 11 is 0. The maximum absolute atomic E-state index is 12.4. The topological polar surface area (TPSA) is 55.4 Å². The molecule has 0 amide bonds. The number of hydrogen-bond acceptors (Lipinski definition) is 3. The molecule has 5 heteroatoms. The molecule has 116 valence electrons. The van der Waals surface area contributed by atoms with Crippen LogP contribution in [0.15, 0.2) is 41.3 Å². The van der Waals surface area contributed by atoms with Crippen molar-refractivity contribution < 1.29 is 13.2 Å². The van der Waals surface area contributed by atoms with Crippen LogP contribution in [-0.4, -0.2) is 15.0 Å². The van der Waals surface area contributed by atoms with Gasteiger partial charge in [0.2, 0.25) is 10.0 Å². The highest BCUT2D eigenvalue weighted by molar-refractivity contribution is 7.89. The zero-order valence-electron chi connectivity index (χ0n) is 12.7. The summed E-state index contributed by atoms with van der Waals surface area (Å²) in [6.45, 7) is 4.74. The first-order chi connectivity index (χ1) is 10.5. The molecule has 0 fully saturated rings. The molecule has 2 aromatic carbocycles. The lowest BCUT2D eigenvalue weighted by Gasteiger charge is -2.10. The Morgan fingerprint density at radius 1 is 1.14 bits per heavy atom. The molecule has 0 saturated heterocycles. The molecule has 1 aliphatic heterocycles. The standard InChI is InChI=1S/C17H19NO3S/c1-12-3-6-17(13(2)9-12)22(19,20)18-11-14-4-5-16-15(10-14)7-8-21-16/h3-6,9-10,18H,7-8,11H2,1-2H3. The van der Waals surface area contributed by atoms with Crippen molar-refractivity contribution in [2.24, 2.45) is 0 Å². The molecule has 1 N–H and O–H groups in total. The van der Waals surface area contributed by atoms with E-state index in [1.54, 1.807) is 6.07 Å². The predicted octanol–water partition coefficient (Wildman–Crippen LogP) is 2.72. The minimum Gasteiger partial charge on any atom is -0.493 e. The van der Waals surface area contributed by atoms with E-state index in [0.717, 1.165) is 34.4 Å². The van der Waals surface area contributed by atoms with Crippen molar-refractivity contribution in [3.63, 3.8) is 0 Å². The third-order valence-electron chi connectivity index (χ3n) is 3.84. The van der Waals surface area contributed by atoms with Crippen molar-refractivity contribution >= 4 is 10.0 Å². The van der Waals surface area contributed by atoms with Crippen LogP contribution in [0.4, 0.5) is 0 Å². The Labute approximate surface area is 131 Å². The van der Waals surface area contributed by atoms with Gasteiger partial charge < -0.3 is 4.74 Å². The Bertz CT molecular complexity index is 813. The van der Waals surface area contributed by atoms with Gasteiger partial charge in [-0.3, -0.25) is 0 Å². The van der Waals surface area contributed by atoms with Crippen LogP contribution < -0.4 is 9.46 Å². The molecule has 22 heavy (non-hydrogen) atoms. The summed E-state index contributed by atoms with van der Waals surface area (Å²) in [5, 5.41) is 0. The summed E-state index contributed by atoms with van der Waals surface area (Å²) in [6.07, 6.45) is 0.882. The molecule has 4 nitrogen and oxygen atoms in total. The lowest BCUT2D eigenvalue weighted by molar-refractivity contribution is 0.357. The van der Waals surface area contributed by atoms with Crippen molar-refractivity contribution in [2.45, 2.75) is 31.7 Å². The Kier molecular flexibility index (Phi) is 3.93. The number of nitrogens with one attached hydrogen (secondary N) is 1. The van der Waals surface area contributed by atoms with Crippen molar-refractivity contribution in [1.82, 2.24) is 4.72 Å². The van der Waals surface area contributed by atoms with Gasteiger partial charge in [-0.2, -0.15) is 0 Å². The highest BCUT2D eigenvalue weighted by Crippen LogP contribution is 2.26. The fourth-order valence-electron chi connectivity index (χ4n) is 2.71. The summed E-state index contributed by atoms with van der Waals surface area (Å²) in [7, 11) is -3.50. The number of benzene rings is 2. The summed E-state index contributed by atoms with van der Waals surface area (Å²) in [4.78, 5) is 0.336. The molecule has 0 aliphatic carbocycles. The van der Waals surface area contributed by atoms with Gasteiger partial charge in [-0.1, -0.05) is 29.8 Å². The molecule has 0 bridgehead atoms. The Balaban J connectivity index is 1.77. The van der Waals surface area contributed by atoms with E-state index in [-0.39, 0.29) is 6.54 Å². The molecule has 0 aromatic heterocycles. The van der Waals surface area contributed by atoms with E-state index < -0.39 is 10.0 Å². The highest BCUT2D eigenvalue weighted by atomic mass is 32.2. The van der Waals surface area contributed by atoms with E-state index in [9.17, 15) is 8.42 Å². The molecular weight excluding hydrogens is 298 g/mol. The molecular formula is C17H19NO3S. The fraction of sp³-hybridized carbons (Fsp3) is 0.294. The second-order valence-corrected chi connectivity index (χ2v) is 7.37. The van der Waals surface area contributed by atoms with Crippen molar-refractivity contribution in [3.8, 4) is 5.75 Å². The van der Waals surface area contributed by atoms with Crippen LogP contribution in [0.3, 0.4) is 0 Å². The smallest absolute Gasteiger partial charge is 0.241 e. The van der Waals surface area contributed by atoms with Gasteiger partial charge in [0, 0.05) is 13.0 Å². The maximum atomic E-state index is 12.4. The molecule has 0 radical (unpaired) electrons. The minimum absolute atomic E-state index is 0.281. The molecule has 2 aromatic rings. The first kappa shape index (κ1) is 15.1. The number of hydrogen-bond donors (Lipinski definition) is 1.